The van der Waals surface area contributed by atoms with E-state index in [1.165, 1.54) is 6.08 Å². The van der Waals surface area contributed by atoms with Crippen LogP contribution < -0.4 is 0 Å². The van der Waals surface area contributed by atoms with Gasteiger partial charge in [0.2, 0.25) is 0 Å². The smallest absolute Gasteiger partial charge is 0.189 e. The molecule has 0 aliphatic heterocycles. The maximum atomic E-state index is 12.0. The largest absolute Gasteiger partial charge is 0.289 e. The van der Waals surface area contributed by atoms with Crippen LogP contribution in [0, 0.1) is 0 Å². The van der Waals surface area contributed by atoms with Crippen LogP contribution in [0.1, 0.15) is 15.9 Å². The summed E-state index contributed by atoms with van der Waals surface area (Å²) in [6.07, 6.45) is 8.26. The molecule has 2 heterocycles. The maximum absolute atomic E-state index is 12.0. The van der Waals surface area contributed by atoms with E-state index in [1.807, 2.05) is 30.3 Å². The average Bonchev–Trinajstić information content (AvgIpc) is 3.14. The Morgan fingerprint density at radius 1 is 1.24 bits per heavy atom. The lowest BCUT2D eigenvalue weighted by Crippen LogP contribution is -1.92. The Balaban J connectivity index is 1.85. The van der Waals surface area contributed by atoms with Gasteiger partial charge in [-0.25, -0.2) is 0 Å². The molecule has 21 heavy (non-hydrogen) atoms. The van der Waals surface area contributed by atoms with Gasteiger partial charge in [0.1, 0.15) is 0 Å². The van der Waals surface area contributed by atoms with Gasteiger partial charge in [-0.1, -0.05) is 30.3 Å². The number of carbonyl (C=O) groups excluding carboxylic acids is 1. The quantitative estimate of drug-likeness (QED) is 0.589. The molecule has 0 unspecified atom stereocenters. The minimum atomic E-state index is -0.0803. The zero-order valence-corrected chi connectivity index (χ0v) is 11.5. The number of allylic oxidation sites excluding steroid dienone is 1. The van der Waals surface area contributed by atoms with Crippen molar-refractivity contribution in [2.75, 3.05) is 0 Å². The first-order valence-electron chi connectivity index (χ1n) is 6.54. The Morgan fingerprint density at radius 2 is 2.05 bits per heavy atom. The molecule has 3 rings (SSSR count). The molecule has 1 N–H and O–H groups in total. The third-order valence-electron chi connectivity index (χ3n) is 3.13. The van der Waals surface area contributed by atoms with Crippen LogP contribution in [0.3, 0.4) is 0 Å². The number of hydrogen-bond donors (Lipinski definition) is 1. The molecule has 0 amide bonds. The van der Waals surface area contributed by atoms with Crippen LogP contribution in [-0.4, -0.2) is 25.8 Å². The van der Waals surface area contributed by atoms with Crippen molar-refractivity contribution in [1.82, 2.24) is 20.0 Å². The molecular weight excluding hydrogens is 264 g/mol. The van der Waals surface area contributed by atoms with Gasteiger partial charge >= 0.3 is 0 Å². The van der Waals surface area contributed by atoms with E-state index in [9.17, 15) is 4.79 Å². The van der Waals surface area contributed by atoms with Crippen molar-refractivity contribution in [2.45, 2.75) is 0 Å². The van der Waals surface area contributed by atoms with E-state index in [0.29, 0.717) is 5.56 Å². The second kappa shape index (κ2) is 5.58. The SMILES string of the molecule is Cn1cc(C(=O)C=Cc2cn[nH]c2-c2ccccc2)cn1. The third-order valence-corrected chi connectivity index (χ3v) is 3.13. The molecule has 0 saturated heterocycles. The fourth-order valence-electron chi connectivity index (χ4n) is 2.07. The molecule has 5 heteroatoms. The lowest BCUT2D eigenvalue weighted by Gasteiger charge is -1.98. The summed E-state index contributed by atoms with van der Waals surface area (Å²) >= 11 is 0. The van der Waals surface area contributed by atoms with Crippen molar-refractivity contribution in [3.8, 4) is 11.3 Å². The van der Waals surface area contributed by atoms with E-state index in [-0.39, 0.29) is 5.78 Å². The lowest BCUT2D eigenvalue weighted by atomic mass is 10.1. The van der Waals surface area contributed by atoms with Gasteiger partial charge in [0.05, 0.1) is 23.7 Å². The first-order valence-corrected chi connectivity index (χ1v) is 6.54. The monoisotopic (exact) mass is 278 g/mol. The molecule has 1 aromatic carbocycles. The summed E-state index contributed by atoms with van der Waals surface area (Å²) in [6.45, 7) is 0. The molecule has 0 spiro atoms. The number of nitrogens with zero attached hydrogens (tertiary/aromatic N) is 3. The molecule has 3 aromatic rings. The predicted octanol–water partition coefficient (Wildman–Crippen LogP) is 2.71. The van der Waals surface area contributed by atoms with Gasteiger partial charge in [0.15, 0.2) is 5.78 Å². The summed E-state index contributed by atoms with van der Waals surface area (Å²) in [7, 11) is 1.78. The number of ketones is 1. The molecule has 0 radical (unpaired) electrons. The fourth-order valence-corrected chi connectivity index (χ4v) is 2.07. The number of nitrogens with one attached hydrogen (secondary N) is 1. The number of aromatic nitrogens is 4. The van der Waals surface area contributed by atoms with Crippen LogP contribution in [0.4, 0.5) is 0 Å². The highest BCUT2D eigenvalue weighted by Crippen LogP contribution is 2.21. The van der Waals surface area contributed by atoms with Crippen molar-refractivity contribution in [3.63, 3.8) is 0 Å². The van der Waals surface area contributed by atoms with Crippen LogP contribution >= 0.6 is 0 Å². The van der Waals surface area contributed by atoms with Crippen molar-refractivity contribution in [1.29, 1.82) is 0 Å². The normalized spacial score (nSPS) is 11.1. The Morgan fingerprint density at radius 3 is 2.76 bits per heavy atom. The van der Waals surface area contributed by atoms with Crippen molar-refractivity contribution in [2.24, 2.45) is 7.05 Å². The summed E-state index contributed by atoms with van der Waals surface area (Å²) in [5.41, 5.74) is 3.37. The highest BCUT2D eigenvalue weighted by atomic mass is 16.1. The topological polar surface area (TPSA) is 63.6 Å². The molecule has 0 atom stereocenters. The summed E-state index contributed by atoms with van der Waals surface area (Å²) in [6, 6.07) is 9.87. The standard InChI is InChI=1S/C16H14N4O/c1-20-11-14(10-18-20)15(21)8-7-13-9-17-19-16(13)12-5-3-2-4-6-12/h2-11H,1H3,(H,17,19). The van der Waals surface area contributed by atoms with E-state index < -0.39 is 0 Å². The molecule has 5 nitrogen and oxygen atoms in total. The van der Waals surface area contributed by atoms with Crippen LogP contribution in [-0.2, 0) is 7.05 Å². The lowest BCUT2D eigenvalue weighted by molar-refractivity contribution is 0.104. The second-order valence-corrected chi connectivity index (χ2v) is 4.67. The predicted molar refractivity (Wildman–Crippen MR) is 80.6 cm³/mol. The molecule has 0 fully saturated rings. The average molecular weight is 278 g/mol. The van der Waals surface area contributed by atoms with Crippen LogP contribution in [0.2, 0.25) is 0 Å². The first kappa shape index (κ1) is 13.1. The minimum Gasteiger partial charge on any atom is -0.289 e. The Kier molecular flexibility index (Phi) is 3.47. The van der Waals surface area contributed by atoms with Gasteiger partial charge in [0.25, 0.3) is 0 Å². The number of carbonyl (C=O) groups is 1. The highest BCUT2D eigenvalue weighted by Gasteiger charge is 2.07. The fraction of sp³-hybridized carbons (Fsp3) is 0.0625. The summed E-state index contributed by atoms with van der Waals surface area (Å²) in [4.78, 5) is 12.0. The van der Waals surface area contributed by atoms with Gasteiger partial charge in [-0.15, -0.1) is 0 Å². The number of H-pyrrole nitrogens is 1. The van der Waals surface area contributed by atoms with E-state index in [4.69, 9.17) is 0 Å². The summed E-state index contributed by atoms with van der Waals surface area (Å²) in [5.74, 6) is -0.0803. The van der Waals surface area contributed by atoms with Gasteiger partial charge < -0.3 is 0 Å². The molecule has 0 saturated carbocycles. The van der Waals surface area contributed by atoms with Gasteiger partial charge in [-0.3, -0.25) is 14.6 Å². The summed E-state index contributed by atoms with van der Waals surface area (Å²) in [5, 5.41) is 11.0. The van der Waals surface area contributed by atoms with E-state index in [2.05, 4.69) is 15.3 Å². The van der Waals surface area contributed by atoms with Gasteiger partial charge in [-0.2, -0.15) is 10.2 Å². The maximum Gasteiger partial charge on any atom is 0.189 e. The number of rotatable bonds is 4. The third kappa shape index (κ3) is 2.81. The van der Waals surface area contributed by atoms with Crippen molar-refractivity contribution in [3.05, 3.63) is 66.1 Å². The summed E-state index contributed by atoms with van der Waals surface area (Å²) < 4.78 is 1.61. The second-order valence-electron chi connectivity index (χ2n) is 4.67. The Labute approximate surface area is 121 Å². The number of benzene rings is 1. The number of hydrogen-bond acceptors (Lipinski definition) is 3. The van der Waals surface area contributed by atoms with Crippen molar-refractivity contribution < 1.29 is 4.79 Å². The van der Waals surface area contributed by atoms with Gasteiger partial charge in [0, 0.05) is 24.4 Å². The Hall–Kier alpha value is -2.95. The van der Waals surface area contributed by atoms with E-state index in [0.717, 1.165) is 16.8 Å². The van der Waals surface area contributed by atoms with E-state index in [1.54, 1.807) is 36.4 Å². The van der Waals surface area contributed by atoms with Crippen molar-refractivity contribution >= 4 is 11.9 Å². The first-order chi connectivity index (χ1) is 10.2. The minimum absolute atomic E-state index is 0.0803. The zero-order valence-electron chi connectivity index (χ0n) is 11.5. The van der Waals surface area contributed by atoms with Crippen LogP contribution in [0.25, 0.3) is 17.3 Å². The molecule has 0 bridgehead atoms. The molecule has 2 aromatic heterocycles. The zero-order chi connectivity index (χ0) is 14.7. The van der Waals surface area contributed by atoms with E-state index >= 15 is 0 Å². The number of aromatic amines is 1. The molecule has 0 aliphatic carbocycles. The molecule has 104 valence electrons. The van der Waals surface area contributed by atoms with Crippen LogP contribution in [0.15, 0.2) is 55.0 Å². The Bertz CT molecular complexity index is 783. The molecular formula is C16H14N4O. The highest BCUT2D eigenvalue weighted by molar-refractivity contribution is 6.06. The number of aryl methyl sites for hydroxylation is 1. The van der Waals surface area contributed by atoms with Crippen LogP contribution in [0.5, 0.6) is 0 Å². The molecule has 0 aliphatic rings. The van der Waals surface area contributed by atoms with Gasteiger partial charge in [-0.05, 0) is 12.2 Å².